The summed E-state index contributed by atoms with van der Waals surface area (Å²) >= 11 is 6.06. The minimum absolute atomic E-state index is 0.0671. The molecule has 0 aliphatic carbocycles. The first kappa shape index (κ1) is 19.6. The zero-order valence-corrected chi connectivity index (χ0v) is 17.4. The molecule has 4 rings (SSSR count). The molecule has 1 aromatic carbocycles. The molecule has 29 heavy (non-hydrogen) atoms. The Morgan fingerprint density at radius 2 is 1.93 bits per heavy atom. The van der Waals surface area contributed by atoms with E-state index in [0.717, 1.165) is 34.8 Å². The molecule has 0 atom stereocenters. The number of aromatic nitrogens is 4. The van der Waals surface area contributed by atoms with Gasteiger partial charge in [0.1, 0.15) is 22.7 Å². The van der Waals surface area contributed by atoms with Gasteiger partial charge >= 0.3 is 0 Å². The second-order valence-electron chi connectivity index (χ2n) is 7.10. The van der Waals surface area contributed by atoms with Gasteiger partial charge in [-0.05, 0) is 19.1 Å². The molecule has 1 saturated heterocycles. The normalized spacial score (nSPS) is 14.7. The van der Waals surface area contributed by atoms with Crippen LogP contribution in [-0.2, 0) is 13.5 Å². The van der Waals surface area contributed by atoms with Crippen LogP contribution in [0.2, 0.25) is 5.02 Å². The van der Waals surface area contributed by atoms with Gasteiger partial charge in [0.25, 0.3) is 5.91 Å². The van der Waals surface area contributed by atoms with Gasteiger partial charge in [0.15, 0.2) is 5.82 Å². The van der Waals surface area contributed by atoms with Crippen molar-refractivity contribution >= 4 is 34.4 Å². The molecule has 1 aliphatic rings. The third-order valence-corrected chi connectivity index (χ3v) is 5.55. The molecule has 9 heteroatoms. The monoisotopic (exact) mass is 416 g/mol. The van der Waals surface area contributed by atoms with Gasteiger partial charge in [-0.1, -0.05) is 24.6 Å². The van der Waals surface area contributed by atoms with Crippen molar-refractivity contribution in [2.24, 2.45) is 7.05 Å². The van der Waals surface area contributed by atoms with Crippen LogP contribution in [-0.4, -0.2) is 56.7 Å². The van der Waals surface area contributed by atoms with E-state index in [-0.39, 0.29) is 16.5 Å². The number of anilines is 1. The van der Waals surface area contributed by atoms with Gasteiger partial charge < -0.3 is 9.80 Å². The average Bonchev–Trinajstić information content (AvgIpc) is 3.01. The Morgan fingerprint density at radius 3 is 2.59 bits per heavy atom. The topological polar surface area (TPSA) is 67.2 Å². The van der Waals surface area contributed by atoms with Crippen LogP contribution in [0.1, 0.15) is 28.8 Å². The maximum absolute atomic E-state index is 14.1. The summed E-state index contributed by atoms with van der Waals surface area (Å²) in [5.41, 5.74) is 2.54. The number of hydrogen-bond donors (Lipinski definition) is 0. The molecule has 152 valence electrons. The Labute approximate surface area is 173 Å². The van der Waals surface area contributed by atoms with Crippen LogP contribution in [0.3, 0.4) is 0 Å². The molecule has 7 nitrogen and oxygen atoms in total. The van der Waals surface area contributed by atoms with Crippen LogP contribution < -0.4 is 4.90 Å². The van der Waals surface area contributed by atoms with Crippen molar-refractivity contribution < 1.29 is 9.18 Å². The molecule has 1 fully saturated rings. The lowest BCUT2D eigenvalue weighted by Crippen LogP contribution is -2.49. The molecule has 3 aromatic rings. The minimum atomic E-state index is -0.597. The number of hydrogen-bond acceptors (Lipinski definition) is 5. The van der Waals surface area contributed by atoms with Gasteiger partial charge in [0.05, 0.1) is 16.3 Å². The Balaban J connectivity index is 1.60. The molecular formula is C20H22ClFN6O. The SMILES string of the molecule is CCc1nc(N2CCN(C(=O)c3c(F)cccc3Cl)CC2)c2c(n1)c(C)nn2C. The highest BCUT2D eigenvalue weighted by Gasteiger charge is 2.28. The van der Waals surface area contributed by atoms with Crippen LogP contribution in [0.25, 0.3) is 11.0 Å². The maximum Gasteiger partial charge on any atom is 0.258 e. The zero-order chi connectivity index (χ0) is 20.7. The highest BCUT2D eigenvalue weighted by atomic mass is 35.5. The fraction of sp³-hybridized carbons (Fsp3) is 0.400. The smallest absolute Gasteiger partial charge is 0.258 e. The lowest BCUT2D eigenvalue weighted by atomic mass is 10.1. The van der Waals surface area contributed by atoms with E-state index >= 15 is 0 Å². The first-order chi connectivity index (χ1) is 13.9. The Morgan fingerprint density at radius 1 is 1.21 bits per heavy atom. The number of nitrogens with zero attached hydrogens (tertiary/aromatic N) is 6. The van der Waals surface area contributed by atoms with E-state index in [0.29, 0.717) is 26.2 Å². The summed E-state index contributed by atoms with van der Waals surface area (Å²) < 4.78 is 15.9. The number of piperazine rings is 1. The highest BCUT2D eigenvalue weighted by Crippen LogP contribution is 2.27. The van der Waals surface area contributed by atoms with E-state index in [1.54, 1.807) is 9.58 Å². The van der Waals surface area contributed by atoms with E-state index < -0.39 is 5.82 Å². The van der Waals surface area contributed by atoms with Crippen molar-refractivity contribution in [2.45, 2.75) is 20.3 Å². The summed E-state index contributed by atoms with van der Waals surface area (Å²) in [5, 5.41) is 4.62. The highest BCUT2D eigenvalue weighted by molar-refractivity contribution is 6.33. The molecule has 1 amide bonds. The third kappa shape index (κ3) is 3.42. The van der Waals surface area contributed by atoms with Crippen LogP contribution in [0.15, 0.2) is 18.2 Å². The standard InChI is InChI=1S/C20H22ClFN6O/c1-4-15-23-17-12(2)25-26(3)18(17)19(24-15)27-8-10-28(11-9-27)20(29)16-13(21)6-5-7-14(16)22/h5-7H,4,8-11H2,1-3H3. The van der Waals surface area contributed by atoms with Crippen molar-refractivity contribution in [2.75, 3.05) is 31.1 Å². The summed E-state index contributed by atoms with van der Waals surface area (Å²) in [4.78, 5) is 25.9. The lowest BCUT2D eigenvalue weighted by Gasteiger charge is -2.36. The van der Waals surface area contributed by atoms with Crippen molar-refractivity contribution in [3.8, 4) is 0 Å². The fourth-order valence-corrected chi connectivity index (χ4v) is 3.96. The second-order valence-corrected chi connectivity index (χ2v) is 7.51. The summed E-state index contributed by atoms with van der Waals surface area (Å²) in [6.45, 7) is 6.02. The Kier molecular flexibility index (Phi) is 5.12. The summed E-state index contributed by atoms with van der Waals surface area (Å²) in [5.74, 6) is 0.609. The average molecular weight is 417 g/mol. The molecule has 0 unspecified atom stereocenters. The summed E-state index contributed by atoms with van der Waals surface area (Å²) in [6, 6.07) is 4.28. The zero-order valence-electron chi connectivity index (χ0n) is 16.6. The molecule has 0 N–H and O–H groups in total. The molecule has 2 aromatic heterocycles. The summed E-state index contributed by atoms with van der Waals surface area (Å²) in [6.07, 6.45) is 0.724. The van der Waals surface area contributed by atoms with Crippen molar-refractivity contribution in [1.82, 2.24) is 24.6 Å². The number of halogens is 2. The number of aryl methyl sites for hydroxylation is 3. The van der Waals surface area contributed by atoms with Gasteiger partial charge in [-0.2, -0.15) is 5.10 Å². The van der Waals surface area contributed by atoms with Crippen molar-refractivity contribution in [1.29, 1.82) is 0 Å². The molecule has 1 aliphatic heterocycles. The first-order valence-electron chi connectivity index (χ1n) is 9.59. The number of carbonyl (C=O) groups excluding carboxylic acids is 1. The number of carbonyl (C=O) groups is 1. The van der Waals surface area contributed by atoms with Gasteiger partial charge in [-0.15, -0.1) is 0 Å². The van der Waals surface area contributed by atoms with E-state index in [1.807, 2.05) is 20.9 Å². The molecule has 0 spiro atoms. The van der Waals surface area contributed by atoms with Crippen molar-refractivity contribution in [3.05, 3.63) is 46.1 Å². The second kappa shape index (κ2) is 7.59. The molecular weight excluding hydrogens is 395 g/mol. The fourth-order valence-electron chi connectivity index (χ4n) is 3.72. The van der Waals surface area contributed by atoms with Gasteiger partial charge in [-0.3, -0.25) is 9.48 Å². The predicted octanol–water partition coefficient (Wildman–Crippen LogP) is 2.99. The molecule has 0 radical (unpaired) electrons. The van der Waals surface area contributed by atoms with Crippen LogP contribution in [0.5, 0.6) is 0 Å². The third-order valence-electron chi connectivity index (χ3n) is 5.24. The van der Waals surface area contributed by atoms with Crippen LogP contribution in [0.4, 0.5) is 10.2 Å². The Hall–Kier alpha value is -2.74. The number of fused-ring (bicyclic) bond motifs is 1. The quantitative estimate of drug-likeness (QED) is 0.656. The predicted molar refractivity (Wildman–Crippen MR) is 110 cm³/mol. The van der Waals surface area contributed by atoms with E-state index in [2.05, 4.69) is 15.0 Å². The minimum Gasteiger partial charge on any atom is -0.351 e. The van der Waals surface area contributed by atoms with E-state index in [4.69, 9.17) is 16.6 Å². The summed E-state index contributed by atoms with van der Waals surface area (Å²) in [7, 11) is 1.88. The number of amides is 1. The molecule has 3 heterocycles. The molecule has 0 saturated carbocycles. The lowest BCUT2D eigenvalue weighted by molar-refractivity contribution is 0.0742. The maximum atomic E-state index is 14.1. The largest absolute Gasteiger partial charge is 0.351 e. The molecule has 0 bridgehead atoms. The van der Waals surface area contributed by atoms with Gasteiger partial charge in [0.2, 0.25) is 0 Å². The van der Waals surface area contributed by atoms with Gasteiger partial charge in [-0.25, -0.2) is 14.4 Å². The number of benzene rings is 1. The Bertz CT molecular complexity index is 1070. The van der Waals surface area contributed by atoms with Crippen molar-refractivity contribution in [3.63, 3.8) is 0 Å². The van der Waals surface area contributed by atoms with Gasteiger partial charge in [0, 0.05) is 39.6 Å². The first-order valence-corrected chi connectivity index (χ1v) is 9.97. The number of rotatable bonds is 3. The van der Waals surface area contributed by atoms with E-state index in [9.17, 15) is 9.18 Å². The van der Waals surface area contributed by atoms with Crippen LogP contribution >= 0.6 is 11.6 Å². The van der Waals surface area contributed by atoms with Crippen LogP contribution in [0, 0.1) is 12.7 Å². The van der Waals surface area contributed by atoms with E-state index in [1.165, 1.54) is 18.2 Å².